The summed E-state index contributed by atoms with van der Waals surface area (Å²) < 4.78 is 0. The fourth-order valence-electron chi connectivity index (χ4n) is 6.09. The van der Waals surface area contributed by atoms with Crippen molar-refractivity contribution in [3.05, 3.63) is 35.9 Å². The van der Waals surface area contributed by atoms with Crippen LogP contribution in [0.4, 0.5) is 0 Å². The quantitative estimate of drug-likeness (QED) is 0.274. The lowest BCUT2D eigenvalue weighted by atomic mass is 10.0. The topological polar surface area (TPSA) is 169 Å². The van der Waals surface area contributed by atoms with Crippen molar-refractivity contribution >= 4 is 35.4 Å². The summed E-state index contributed by atoms with van der Waals surface area (Å²) in [6.45, 7) is 9.41. The van der Waals surface area contributed by atoms with E-state index in [1.165, 1.54) is 0 Å². The molecule has 6 amide bonds. The number of hydrogen-bond acceptors (Lipinski definition) is 7. The van der Waals surface area contributed by atoms with Crippen LogP contribution in [-0.2, 0) is 35.2 Å². The van der Waals surface area contributed by atoms with Gasteiger partial charge < -0.3 is 31.5 Å². The number of hydrogen-bond donors (Lipinski definition) is 5. The van der Waals surface area contributed by atoms with Crippen molar-refractivity contribution in [2.24, 2.45) is 5.92 Å². The third-order valence-electron chi connectivity index (χ3n) is 8.14. The van der Waals surface area contributed by atoms with Gasteiger partial charge in [0.1, 0.15) is 18.1 Å². The maximum Gasteiger partial charge on any atom is 0.245 e. The molecular weight excluding hydrogens is 578 g/mol. The van der Waals surface area contributed by atoms with Gasteiger partial charge in [0.25, 0.3) is 0 Å². The largest absolute Gasteiger partial charge is 0.350 e. The molecule has 0 radical (unpaired) electrons. The van der Waals surface area contributed by atoms with Crippen molar-refractivity contribution in [1.82, 2.24) is 36.4 Å². The molecule has 1 aromatic carbocycles. The van der Waals surface area contributed by atoms with E-state index in [1.807, 2.05) is 69.9 Å². The summed E-state index contributed by atoms with van der Waals surface area (Å²) >= 11 is 0. The monoisotopic (exact) mass is 625 g/mol. The zero-order valence-electron chi connectivity index (χ0n) is 26.9. The standard InChI is InChI=1S/C32H47N7O6/c1-19(2)14-21-28(42)33-16-26(41)36-22(15-20-10-7-6-8-11-20)31(45)39-18-24(39)27(30(44)37-32(3,4)5)38-13-9-12-23(38)29(43)34-17-25(40)35-21/h6-8,10-11,19,21-24,27H,9,12-18H2,1-5H3,(H,33,42)(H,34,43)(H,35,40)(H,36,41)(H,37,44)/t21-,22-,23-,24-,27-,39?/m1/s1. The normalized spacial score (nSPS) is 27.3. The van der Waals surface area contributed by atoms with E-state index in [1.54, 1.807) is 4.90 Å². The second kappa shape index (κ2) is 14.4. The number of rotatable bonds is 5. The Kier molecular flexibility index (Phi) is 10.8. The fourth-order valence-corrected chi connectivity index (χ4v) is 6.09. The number of fused-ring (bicyclic) bond motifs is 2. The van der Waals surface area contributed by atoms with Gasteiger partial charge in [0.2, 0.25) is 35.4 Å². The van der Waals surface area contributed by atoms with E-state index in [0.29, 0.717) is 25.8 Å². The van der Waals surface area contributed by atoms with Gasteiger partial charge in [-0.1, -0.05) is 44.2 Å². The molecule has 3 fully saturated rings. The Morgan fingerprint density at radius 3 is 2.18 bits per heavy atom. The van der Waals surface area contributed by atoms with Gasteiger partial charge in [-0.3, -0.25) is 33.7 Å². The smallest absolute Gasteiger partial charge is 0.245 e. The highest BCUT2D eigenvalue weighted by molar-refractivity contribution is 5.95. The number of nitrogens with zero attached hydrogens (tertiary/aromatic N) is 2. The molecule has 5 N–H and O–H groups in total. The molecule has 3 heterocycles. The van der Waals surface area contributed by atoms with Crippen LogP contribution in [0.2, 0.25) is 0 Å². The minimum absolute atomic E-state index is 0.0546. The predicted octanol–water partition coefficient (Wildman–Crippen LogP) is -0.551. The van der Waals surface area contributed by atoms with Crippen molar-refractivity contribution in [3.8, 4) is 0 Å². The molecule has 246 valence electrons. The van der Waals surface area contributed by atoms with E-state index in [2.05, 4.69) is 26.6 Å². The van der Waals surface area contributed by atoms with Crippen molar-refractivity contribution in [2.75, 3.05) is 26.2 Å². The second-order valence-corrected chi connectivity index (χ2v) is 13.6. The molecule has 5 atom stereocenters. The Labute approximate surface area is 264 Å². The number of amides is 6. The maximum atomic E-state index is 14.0. The molecule has 0 aromatic heterocycles. The Bertz CT molecular complexity index is 1280. The Balaban J connectivity index is 1.66. The Morgan fingerprint density at radius 1 is 0.933 bits per heavy atom. The summed E-state index contributed by atoms with van der Waals surface area (Å²) in [5, 5.41) is 13.7. The molecule has 13 heteroatoms. The average Bonchev–Trinajstić information content (AvgIpc) is 3.59. The van der Waals surface area contributed by atoms with Gasteiger partial charge in [0.05, 0.1) is 25.2 Å². The van der Waals surface area contributed by atoms with E-state index < -0.39 is 65.9 Å². The van der Waals surface area contributed by atoms with E-state index in [0.717, 1.165) is 5.56 Å². The Hall–Kier alpha value is -4.00. The van der Waals surface area contributed by atoms with Gasteiger partial charge in [0, 0.05) is 18.5 Å². The van der Waals surface area contributed by atoms with Crippen LogP contribution in [-0.4, -0.2) is 107 Å². The van der Waals surface area contributed by atoms with Crippen LogP contribution < -0.4 is 26.6 Å². The lowest BCUT2D eigenvalue weighted by Crippen LogP contribution is -2.60. The van der Waals surface area contributed by atoms with E-state index >= 15 is 0 Å². The summed E-state index contributed by atoms with van der Waals surface area (Å²) in [6, 6.07) is 5.40. The van der Waals surface area contributed by atoms with Crippen LogP contribution >= 0.6 is 0 Å². The van der Waals surface area contributed by atoms with Crippen LogP contribution in [0, 0.1) is 5.92 Å². The molecule has 0 bridgehead atoms. The third-order valence-corrected chi connectivity index (χ3v) is 8.14. The number of benzene rings is 1. The summed E-state index contributed by atoms with van der Waals surface area (Å²) in [7, 11) is 0. The van der Waals surface area contributed by atoms with Gasteiger partial charge in [-0.25, -0.2) is 0 Å². The van der Waals surface area contributed by atoms with Crippen molar-refractivity contribution in [2.45, 2.75) is 96.1 Å². The summed E-state index contributed by atoms with van der Waals surface area (Å²) in [5.74, 6) is -2.61. The van der Waals surface area contributed by atoms with Gasteiger partial charge >= 0.3 is 0 Å². The van der Waals surface area contributed by atoms with Gasteiger partial charge in [-0.2, -0.15) is 0 Å². The minimum Gasteiger partial charge on any atom is -0.350 e. The molecule has 0 unspecified atom stereocenters. The van der Waals surface area contributed by atoms with E-state index in [4.69, 9.17) is 0 Å². The molecule has 0 spiro atoms. The van der Waals surface area contributed by atoms with Crippen LogP contribution in [0.25, 0.3) is 0 Å². The number of carbonyl (C=O) groups is 6. The minimum atomic E-state index is -0.948. The van der Waals surface area contributed by atoms with Gasteiger partial charge in [-0.05, 0) is 58.1 Å². The predicted molar refractivity (Wildman–Crippen MR) is 166 cm³/mol. The zero-order chi connectivity index (χ0) is 32.9. The molecule has 0 saturated carbocycles. The highest BCUT2D eigenvalue weighted by Gasteiger charge is 2.54. The number of carbonyl (C=O) groups excluding carboxylic acids is 6. The molecule has 3 aliphatic rings. The molecule has 13 nitrogen and oxygen atoms in total. The summed E-state index contributed by atoms with van der Waals surface area (Å²) in [6.07, 6.45) is 1.67. The molecule has 0 aliphatic carbocycles. The van der Waals surface area contributed by atoms with E-state index in [-0.39, 0.29) is 37.2 Å². The lowest BCUT2D eigenvalue weighted by Gasteiger charge is -2.34. The van der Waals surface area contributed by atoms with Crippen molar-refractivity contribution in [1.29, 1.82) is 0 Å². The van der Waals surface area contributed by atoms with E-state index in [9.17, 15) is 28.8 Å². The average molecular weight is 626 g/mol. The van der Waals surface area contributed by atoms with Crippen molar-refractivity contribution < 1.29 is 28.8 Å². The van der Waals surface area contributed by atoms with Crippen LogP contribution in [0.5, 0.6) is 0 Å². The molecule has 4 rings (SSSR count). The van der Waals surface area contributed by atoms with Crippen LogP contribution in [0.1, 0.15) is 59.4 Å². The first-order valence-electron chi connectivity index (χ1n) is 15.8. The SMILES string of the molecule is CC(C)C[C@H]1NC(=O)CNC(=O)[C@H]2CCCN2[C@@H](C(=O)NC(C)(C)C)[C@H]2CN2C(=O)[C@@H](Cc2ccccc2)NC(=O)CNC1=O. The summed E-state index contributed by atoms with van der Waals surface area (Å²) in [5.41, 5.74) is 0.280. The Morgan fingerprint density at radius 2 is 1.56 bits per heavy atom. The van der Waals surface area contributed by atoms with Gasteiger partial charge in [-0.15, -0.1) is 0 Å². The second-order valence-electron chi connectivity index (χ2n) is 13.6. The fraction of sp³-hybridized carbons (Fsp3) is 0.625. The summed E-state index contributed by atoms with van der Waals surface area (Å²) in [4.78, 5) is 83.5. The van der Waals surface area contributed by atoms with Gasteiger partial charge in [0.15, 0.2) is 0 Å². The van der Waals surface area contributed by atoms with Crippen molar-refractivity contribution in [3.63, 3.8) is 0 Å². The van der Waals surface area contributed by atoms with Crippen LogP contribution in [0.15, 0.2) is 30.3 Å². The first kappa shape index (κ1) is 33.9. The third kappa shape index (κ3) is 9.25. The first-order valence-corrected chi connectivity index (χ1v) is 15.8. The van der Waals surface area contributed by atoms with Crippen LogP contribution in [0.3, 0.4) is 0 Å². The molecule has 3 saturated heterocycles. The first-order chi connectivity index (χ1) is 21.2. The molecule has 45 heavy (non-hydrogen) atoms. The molecule has 3 aliphatic heterocycles. The molecule has 1 aromatic rings. The molecular formula is C32H47N7O6. The highest BCUT2D eigenvalue weighted by atomic mass is 16.2. The zero-order valence-corrected chi connectivity index (χ0v) is 26.9. The maximum absolute atomic E-state index is 14.0. The number of nitrogens with one attached hydrogen (secondary N) is 5. The lowest BCUT2D eigenvalue weighted by molar-refractivity contribution is -0.136. The highest BCUT2D eigenvalue weighted by Crippen LogP contribution is 2.32.